The topological polar surface area (TPSA) is 21.3 Å². The van der Waals surface area contributed by atoms with Crippen LogP contribution in [0.15, 0.2) is 48.5 Å². The summed E-state index contributed by atoms with van der Waals surface area (Å²) in [7, 11) is 0. The first-order valence-corrected chi connectivity index (χ1v) is 7.81. The average Bonchev–Trinajstić information content (AvgIpc) is 2.54. The van der Waals surface area contributed by atoms with Crippen LogP contribution in [-0.2, 0) is 0 Å². The van der Waals surface area contributed by atoms with E-state index in [1.54, 1.807) is 0 Å². The zero-order chi connectivity index (χ0) is 15.1. The maximum absolute atomic E-state index is 5.62. The standard InChI is InChI=1S/C19H25NO/c1-4-14-21-19-12-10-18(11-13-19)17-8-6-16(7-9-17)15(3)20-5-2/h6-13,15,20H,4-5,14H2,1-3H3. The van der Waals surface area contributed by atoms with E-state index in [2.05, 4.69) is 62.5 Å². The predicted octanol–water partition coefficient (Wildman–Crippen LogP) is 4.81. The molecule has 2 nitrogen and oxygen atoms in total. The molecule has 112 valence electrons. The van der Waals surface area contributed by atoms with Crippen LogP contribution in [0, 0.1) is 0 Å². The van der Waals surface area contributed by atoms with E-state index in [0.29, 0.717) is 6.04 Å². The van der Waals surface area contributed by atoms with Crippen LogP contribution in [0.25, 0.3) is 11.1 Å². The Labute approximate surface area is 128 Å². The first-order valence-electron chi connectivity index (χ1n) is 7.81. The maximum Gasteiger partial charge on any atom is 0.119 e. The molecule has 2 heteroatoms. The minimum absolute atomic E-state index is 0.397. The summed E-state index contributed by atoms with van der Waals surface area (Å²) in [6.45, 7) is 8.20. The molecule has 0 aliphatic rings. The normalized spacial score (nSPS) is 12.1. The predicted molar refractivity (Wildman–Crippen MR) is 89.8 cm³/mol. The van der Waals surface area contributed by atoms with Crippen molar-refractivity contribution in [3.8, 4) is 16.9 Å². The third-order valence-electron chi connectivity index (χ3n) is 3.58. The van der Waals surface area contributed by atoms with Crippen LogP contribution in [0.3, 0.4) is 0 Å². The molecule has 0 aliphatic carbocycles. The molecule has 1 atom stereocenters. The minimum atomic E-state index is 0.397. The first-order chi connectivity index (χ1) is 10.2. The maximum atomic E-state index is 5.62. The molecule has 0 aromatic heterocycles. The highest BCUT2D eigenvalue weighted by molar-refractivity contribution is 5.64. The van der Waals surface area contributed by atoms with Gasteiger partial charge in [0.05, 0.1) is 6.61 Å². The lowest BCUT2D eigenvalue weighted by molar-refractivity contribution is 0.317. The lowest BCUT2D eigenvalue weighted by Crippen LogP contribution is -2.17. The second-order valence-electron chi connectivity index (χ2n) is 5.27. The van der Waals surface area contributed by atoms with Crippen LogP contribution in [0.4, 0.5) is 0 Å². The molecule has 0 bridgehead atoms. The Morgan fingerprint density at radius 2 is 1.48 bits per heavy atom. The first kappa shape index (κ1) is 15.6. The molecule has 2 aromatic rings. The minimum Gasteiger partial charge on any atom is -0.494 e. The monoisotopic (exact) mass is 283 g/mol. The van der Waals surface area contributed by atoms with Crippen LogP contribution >= 0.6 is 0 Å². The second kappa shape index (κ2) is 7.84. The molecule has 2 rings (SSSR count). The summed E-state index contributed by atoms with van der Waals surface area (Å²) in [6, 6.07) is 17.5. The number of ether oxygens (including phenoxy) is 1. The van der Waals surface area contributed by atoms with Gasteiger partial charge in [-0.2, -0.15) is 0 Å². The average molecular weight is 283 g/mol. The van der Waals surface area contributed by atoms with E-state index in [0.717, 1.165) is 25.3 Å². The SMILES string of the molecule is CCCOc1ccc(-c2ccc(C(C)NCC)cc2)cc1. The summed E-state index contributed by atoms with van der Waals surface area (Å²) in [6.07, 6.45) is 1.03. The molecule has 0 saturated carbocycles. The van der Waals surface area contributed by atoms with Gasteiger partial charge in [0.15, 0.2) is 0 Å². The quantitative estimate of drug-likeness (QED) is 0.787. The fraction of sp³-hybridized carbons (Fsp3) is 0.368. The van der Waals surface area contributed by atoms with Gasteiger partial charge in [-0.15, -0.1) is 0 Å². The van der Waals surface area contributed by atoms with Crippen molar-refractivity contribution >= 4 is 0 Å². The largest absolute Gasteiger partial charge is 0.494 e. The van der Waals surface area contributed by atoms with Gasteiger partial charge >= 0.3 is 0 Å². The fourth-order valence-corrected chi connectivity index (χ4v) is 2.35. The molecule has 0 amide bonds. The van der Waals surface area contributed by atoms with E-state index >= 15 is 0 Å². The highest BCUT2D eigenvalue weighted by Crippen LogP contribution is 2.24. The molecule has 0 aliphatic heterocycles. The Balaban J connectivity index is 2.07. The van der Waals surface area contributed by atoms with E-state index < -0.39 is 0 Å². The van der Waals surface area contributed by atoms with Gasteiger partial charge in [-0.1, -0.05) is 50.2 Å². The molecule has 0 saturated heterocycles. The number of nitrogens with one attached hydrogen (secondary N) is 1. The zero-order valence-corrected chi connectivity index (χ0v) is 13.2. The summed E-state index contributed by atoms with van der Waals surface area (Å²) in [4.78, 5) is 0. The Morgan fingerprint density at radius 3 is 2.00 bits per heavy atom. The summed E-state index contributed by atoms with van der Waals surface area (Å²) >= 11 is 0. The van der Waals surface area contributed by atoms with Gasteiger partial charge in [0.25, 0.3) is 0 Å². The van der Waals surface area contributed by atoms with Crippen molar-refractivity contribution in [3.05, 3.63) is 54.1 Å². The summed E-state index contributed by atoms with van der Waals surface area (Å²) in [5.74, 6) is 0.943. The van der Waals surface area contributed by atoms with Gasteiger partial charge < -0.3 is 10.1 Å². The molecule has 1 unspecified atom stereocenters. The highest BCUT2D eigenvalue weighted by Gasteiger charge is 2.04. The van der Waals surface area contributed by atoms with Gasteiger partial charge in [-0.3, -0.25) is 0 Å². The molecule has 0 spiro atoms. The van der Waals surface area contributed by atoms with Crippen LogP contribution < -0.4 is 10.1 Å². The number of hydrogen-bond donors (Lipinski definition) is 1. The van der Waals surface area contributed by atoms with Crippen molar-refractivity contribution in [1.29, 1.82) is 0 Å². The number of hydrogen-bond acceptors (Lipinski definition) is 2. The summed E-state index contributed by atoms with van der Waals surface area (Å²) < 4.78 is 5.62. The molecule has 0 heterocycles. The Kier molecular flexibility index (Phi) is 5.82. The van der Waals surface area contributed by atoms with Crippen LogP contribution in [0.1, 0.15) is 38.8 Å². The van der Waals surface area contributed by atoms with E-state index in [1.807, 2.05) is 12.1 Å². The zero-order valence-electron chi connectivity index (χ0n) is 13.2. The van der Waals surface area contributed by atoms with Gasteiger partial charge in [0.2, 0.25) is 0 Å². The van der Waals surface area contributed by atoms with Crippen molar-refractivity contribution in [1.82, 2.24) is 5.32 Å². The smallest absolute Gasteiger partial charge is 0.119 e. The Hall–Kier alpha value is -1.80. The lowest BCUT2D eigenvalue weighted by atomic mass is 10.0. The van der Waals surface area contributed by atoms with Crippen LogP contribution in [-0.4, -0.2) is 13.2 Å². The van der Waals surface area contributed by atoms with Crippen LogP contribution in [0.2, 0.25) is 0 Å². The molecular weight excluding hydrogens is 258 g/mol. The number of benzene rings is 2. The van der Waals surface area contributed by atoms with Crippen molar-refractivity contribution in [3.63, 3.8) is 0 Å². The van der Waals surface area contributed by atoms with Gasteiger partial charge in [0, 0.05) is 6.04 Å². The molecule has 2 aromatic carbocycles. The molecular formula is C19H25NO. The molecule has 21 heavy (non-hydrogen) atoms. The Morgan fingerprint density at radius 1 is 0.905 bits per heavy atom. The third-order valence-corrected chi connectivity index (χ3v) is 3.58. The van der Waals surface area contributed by atoms with Crippen molar-refractivity contribution in [2.45, 2.75) is 33.2 Å². The molecule has 1 N–H and O–H groups in total. The van der Waals surface area contributed by atoms with E-state index in [9.17, 15) is 0 Å². The summed E-state index contributed by atoms with van der Waals surface area (Å²) in [5, 5.41) is 3.43. The highest BCUT2D eigenvalue weighted by atomic mass is 16.5. The van der Waals surface area contributed by atoms with Gasteiger partial charge in [0.1, 0.15) is 5.75 Å². The third kappa shape index (κ3) is 4.33. The van der Waals surface area contributed by atoms with Crippen LogP contribution in [0.5, 0.6) is 5.75 Å². The van der Waals surface area contributed by atoms with E-state index in [1.165, 1.54) is 16.7 Å². The van der Waals surface area contributed by atoms with Crippen molar-refractivity contribution < 1.29 is 4.74 Å². The van der Waals surface area contributed by atoms with E-state index in [4.69, 9.17) is 4.74 Å². The molecule has 0 fully saturated rings. The second-order valence-corrected chi connectivity index (χ2v) is 5.27. The van der Waals surface area contributed by atoms with Crippen molar-refractivity contribution in [2.75, 3.05) is 13.2 Å². The Bertz CT molecular complexity index is 530. The lowest BCUT2D eigenvalue weighted by Gasteiger charge is -2.13. The summed E-state index contributed by atoms with van der Waals surface area (Å²) in [5.41, 5.74) is 3.79. The van der Waals surface area contributed by atoms with Crippen molar-refractivity contribution in [2.24, 2.45) is 0 Å². The molecule has 0 radical (unpaired) electrons. The van der Waals surface area contributed by atoms with Gasteiger partial charge in [-0.25, -0.2) is 0 Å². The van der Waals surface area contributed by atoms with E-state index in [-0.39, 0.29) is 0 Å². The fourth-order valence-electron chi connectivity index (χ4n) is 2.35. The van der Waals surface area contributed by atoms with Gasteiger partial charge in [-0.05, 0) is 48.7 Å². The number of rotatable bonds is 7.